The summed E-state index contributed by atoms with van der Waals surface area (Å²) < 4.78 is 22.9. The Morgan fingerprint density at radius 1 is 1.80 bits per heavy atom. The van der Waals surface area contributed by atoms with Gasteiger partial charge in [0.15, 0.2) is 0 Å². The van der Waals surface area contributed by atoms with E-state index in [9.17, 15) is 13.6 Å². The molecule has 0 aliphatic heterocycles. The molecule has 1 atom stereocenters. The quantitative estimate of drug-likeness (QED) is 0.264. The summed E-state index contributed by atoms with van der Waals surface area (Å²) >= 11 is -2.78. The third-order valence-electron chi connectivity index (χ3n) is 0.492. The van der Waals surface area contributed by atoms with E-state index < -0.39 is 17.3 Å². The normalized spacial score (nSPS) is 11.0. The Balaban J connectivity index is -0.000000320. The van der Waals surface area contributed by atoms with Gasteiger partial charge in [-0.25, -0.2) is 9.00 Å². The predicted molar refractivity (Wildman–Crippen MR) is 30.9 cm³/mol. The van der Waals surface area contributed by atoms with Gasteiger partial charge in [0.25, 0.3) is 0 Å². The van der Waals surface area contributed by atoms with Crippen LogP contribution in [-0.4, -0.2) is 14.7 Å². The number of hydrogen-bond acceptors (Lipinski definition) is 4. The van der Waals surface area contributed by atoms with Gasteiger partial charge < -0.3 is 10.2 Å². The predicted octanol–water partition coefficient (Wildman–Crippen LogP) is -2.98. The van der Waals surface area contributed by atoms with Gasteiger partial charge >= 0.3 is 57.4 Å². The Kier molecular flexibility index (Phi) is 9.01. The summed E-state index contributed by atoms with van der Waals surface area (Å²) in [5, 5.41) is 0. The summed E-state index contributed by atoms with van der Waals surface area (Å²) in [5.41, 5.74) is 0.0548. The van der Waals surface area contributed by atoms with Crippen LogP contribution in [0.3, 0.4) is 0 Å². The molecule has 6 heteroatoms. The van der Waals surface area contributed by atoms with Crippen molar-refractivity contribution in [2.24, 2.45) is 0 Å². The molecule has 0 bridgehead atoms. The van der Waals surface area contributed by atoms with E-state index in [0.29, 0.717) is 0 Å². The van der Waals surface area contributed by atoms with Gasteiger partial charge in [-0.05, 0) is 6.92 Å². The summed E-state index contributed by atoms with van der Waals surface area (Å²) in [6, 6.07) is 0. The minimum Gasteiger partial charge on any atom is -1.00 e. The van der Waals surface area contributed by atoms with Crippen LogP contribution in [0.25, 0.3) is 0 Å². The molecule has 10 heavy (non-hydrogen) atoms. The molecule has 0 fully saturated rings. The van der Waals surface area contributed by atoms with Crippen molar-refractivity contribution in [1.29, 1.82) is 0 Å². The maximum atomic E-state index is 10.2. The molecule has 54 valence electrons. The van der Waals surface area contributed by atoms with Gasteiger partial charge in [0, 0.05) is 5.57 Å². The van der Waals surface area contributed by atoms with E-state index >= 15 is 0 Å². The van der Waals surface area contributed by atoms with Crippen molar-refractivity contribution < 1.29 is 70.6 Å². The van der Waals surface area contributed by atoms with E-state index in [4.69, 9.17) is 0 Å². The van der Waals surface area contributed by atoms with Crippen molar-refractivity contribution >= 4 is 17.3 Å². The van der Waals surface area contributed by atoms with Gasteiger partial charge in [-0.1, -0.05) is 6.58 Å². The molecule has 0 saturated heterocycles. The van der Waals surface area contributed by atoms with E-state index in [-0.39, 0.29) is 58.4 Å². The Hall–Kier alpha value is 0.956. The van der Waals surface area contributed by atoms with Crippen LogP contribution in [0.5, 0.6) is 0 Å². The molecule has 0 aromatic carbocycles. The number of rotatable bonds is 2. The number of carbonyl (C=O) groups is 1. The first-order valence-electron chi connectivity index (χ1n) is 2.01. The van der Waals surface area contributed by atoms with E-state index in [1.807, 2.05) is 0 Å². The molecule has 0 amide bonds. The zero-order valence-electron chi connectivity index (χ0n) is 6.75. The Bertz CT molecular complexity index is 171. The summed E-state index contributed by atoms with van der Waals surface area (Å²) in [6.45, 7) is 4.52. The van der Waals surface area contributed by atoms with Crippen molar-refractivity contribution in [3.63, 3.8) is 0 Å². The molecule has 0 N–H and O–H groups in total. The van der Waals surface area contributed by atoms with E-state index in [1.165, 1.54) is 6.92 Å². The van der Waals surface area contributed by atoms with Crippen LogP contribution in [0.2, 0.25) is 0 Å². The third-order valence-corrected chi connectivity index (χ3v) is 0.780. The van der Waals surface area contributed by atoms with Crippen LogP contribution in [0.15, 0.2) is 12.2 Å². The first kappa shape index (κ1) is 13.5. The largest absolute Gasteiger partial charge is 1.00 e. The molecule has 0 aliphatic rings. The van der Waals surface area contributed by atoms with E-state index in [2.05, 4.69) is 10.8 Å². The second-order valence-corrected chi connectivity index (χ2v) is 1.93. The van der Waals surface area contributed by atoms with Gasteiger partial charge in [-0.3, -0.25) is 0 Å². The third kappa shape index (κ3) is 7.07. The topological polar surface area (TPSA) is 66.4 Å². The maximum absolute atomic E-state index is 10.2. The summed E-state index contributed by atoms with van der Waals surface area (Å²) in [6.07, 6.45) is 0. The molecule has 0 aromatic rings. The van der Waals surface area contributed by atoms with Gasteiger partial charge in [0.1, 0.15) is 11.4 Å². The van der Waals surface area contributed by atoms with E-state index in [1.54, 1.807) is 0 Å². The number of hydrogen-bond donors (Lipinski definition) is 0. The molecule has 0 saturated carbocycles. The second-order valence-electron chi connectivity index (χ2n) is 1.36. The molecule has 0 heterocycles. The SMILES string of the molecule is C=C(C)C(=O)OS(=O)[O-].[H-].[K+]. The maximum Gasteiger partial charge on any atom is 1.00 e. The summed E-state index contributed by atoms with van der Waals surface area (Å²) in [4.78, 5) is 10.2. The Morgan fingerprint density at radius 3 is 2.30 bits per heavy atom. The van der Waals surface area contributed by atoms with Crippen LogP contribution in [0, 0.1) is 0 Å². The smallest absolute Gasteiger partial charge is 1.00 e. The molecule has 0 spiro atoms. The minimum absolute atomic E-state index is 0. The van der Waals surface area contributed by atoms with E-state index in [0.717, 1.165) is 0 Å². The average Bonchev–Trinajstić information content (AvgIpc) is 1.63. The fraction of sp³-hybridized carbons (Fsp3) is 0.250. The fourth-order valence-electron chi connectivity index (χ4n) is 0.133. The minimum atomic E-state index is -2.78. The molecule has 1 unspecified atom stereocenters. The standard InChI is InChI=1S/C4H6O4S.K.H/c1-3(2)4(5)8-9(6)7;;/h1H2,2H3,(H,6,7);;/q;+1;-1/p-1. The van der Waals surface area contributed by atoms with Crippen molar-refractivity contribution in [2.45, 2.75) is 6.92 Å². The second kappa shape index (κ2) is 6.65. The molecule has 0 rings (SSSR count). The first-order valence-corrected chi connectivity index (χ1v) is 3.01. The zero-order valence-corrected chi connectivity index (χ0v) is 9.69. The first-order chi connectivity index (χ1) is 4.04. The zero-order chi connectivity index (χ0) is 7.44. The monoisotopic (exact) mass is 189 g/mol. The van der Waals surface area contributed by atoms with Gasteiger partial charge in [0.2, 0.25) is 0 Å². The summed E-state index contributed by atoms with van der Waals surface area (Å²) in [5.74, 6) is -0.927. The molecular weight excluding hydrogens is 183 g/mol. The van der Waals surface area contributed by atoms with Crippen molar-refractivity contribution in [1.82, 2.24) is 0 Å². The molecule has 4 nitrogen and oxygen atoms in total. The van der Waals surface area contributed by atoms with Crippen LogP contribution in [0.4, 0.5) is 0 Å². The molecular formula is C4H6KO4S-. The Labute approximate surface area is 105 Å². The van der Waals surface area contributed by atoms with Crippen LogP contribution in [-0.2, 0) is 20.3 Å². The van der Waals surface area contributed by atoms with Gasteiger partial charge in [-0.15, -0.1) is 0 Å². The average molecular weight is 189 g/mol. The van der Waals surface area contributed by atoms with Crippen LogP contribution in [0.1, 0.15) is 8.35 Å². The van der Waals surface area contributed by atoms with Crippen LogP contribution >= 0.6 is 0 Å². The molecule has 0 aliphatic carbocycles. The van der Waals surface area contributed by atoms with Crippen molar-refractivity contribution in [3.05, 3.63) is 12.2 Å². The summed E-state index contributed by atoms with van der Waals surface area (Å²) in [7, 11) is 0. The molecule has 0 radical (unpaired) electrons. The van der Waals surface area contributed by atoms with Crippen molar-refractivity contribution in [3.8, 4) is 0 Å². The Morgan fingerprint density at radius 2 is 2.20 bits per heavy atom. The molecule has 0 aromatic heterocycles. The van der Waals surface area contributed by atoms with Crippen molar-refractivity contribution in [2.75, 3.05) is 0 Å². The van der Waals surface area contributed by atoms with Crippen LogP contribution < -0.4 is 51.4 Å². The van der Waals surface area contributed by atoms with Gasteiger partial charge in [0.05, 0.1) is 0 Å². The fourth-order valence-corrected chi connectivity index (χ4v) is 0.399. The number of carbonyl (C=O) groups excluding carboxylic acids is 1. The van der Waals surface area contributed by atoms with Gasteiger partial charge in [-0.2, -0.15) is 0 Å².